The molecular weight excluding hydrogens is 304 g/mol. The monoisotopic (exact) mass is 304 g/mol. The molecule has 0 amide bonds. The van der Waals surface area contributed by atoms with E-state index in [0.717, 1.165) is 0 Å². The molecule has 0 aliphatic carbocycles. The Morgan fingerprint density at radius 3 is 2.44 bits per heavy atom. The van der Waals surface area contributed by atoms with Crippen LogP contribution < -0.4 is 4.74 Å². The van der Waals surface area contributed by atoms with Gasteiger partial charge in [0.25, 0.3) is 5.24 Å². The van der Waals surface area contributed by atoms with Crippen LogP contribution in [0.1, 0.15) is 10.4 Å². The molecule has 0 aromatic carbocycles. The minimum atomic E-state index is -5.15. The van der Waals surface area contributed by atoms with Gasteiger partial charge in [-0.05, 0) is 11.6 Å². The predicted molar refractivity (Wildman–Crippen MR) is 52.8 cm³/mol. The van der Waals surface area contributed by atoms with Crippen molar-refractivity contribution in [2.24, 2.45) is 0 Å². The normalized spacial score (nSPS) is 11.2. The molecular formula is C7HCl2F3N2O4. The lowest BCUT2D eigenvalue weighted by Gasteiger charge is -2.10. The summed E-state index contributed by atoms with van der Waals surface area (Å²) in [7, 11) is 0. The fraction of sp³-hybridized carbons (Fsp3) is 0.143. The van der Waals surface area contributed by atoms with Gasteiger partial charge in [0.2, 0.25) is 11.0 Å². The van der Waals surface area contributed by atoms with E-state index < -0.39 is 38.8 Å². The zero-order valence-electron chi connectivity index (χ0n) is 7.99. The molecule has 1 rings (SSSR count). The molecule has 1 aromatic rings. The highest BCUT2D eigenvalue weighted by Crippen LogP contribution is 2.32. The van der Waals surface area contributed by atoms with E-state index in [-0.39, 0.29) is 0 Å². The molecule has 0 unspecified atom stereocenters. The molecule has 0 saturated carbocycles. The van der Waals surface area contributed by atoms with E-state index in [1.54, 1.807) is 0 Å². The second-order valence-corrected chi connectivity index (χ2v) is 3.43. The molecule has 0 saturated heterocycles. The molecule has 1 aromatic heterocycles. The number of carbonyl (C=O) groups is 1. The lowest BCUT2D eigenvalue weighted by atomic mass is 10.2. The van der Waals surface area contributed by atoms with E-state index in [4.69, 9.17) is 23.2 Å². The Balaban J connectivity index is 3.38. The van der Waals surface area contributed by atoms with E-state index in [9.17, 15) is 28.1 Å². The van der Waals surface area contributed by atoms with Crippen molar-refractivity contribution in [2.45, 2.75) is 6.36 Å². The number of rotatable bonds is 3. The summed E-state index contributed by atoms with van der Waals surface area (Å²) >= 11 is 10.2. The van der Waals surface area contributed by atoms with Crippen LogP contribution in [0, 0.1) is 10.1 Å². The second-order valence-electron chi connectivity index (χ2n) is 2.73. The average molecular weight is 305 g/mol. The van der Waals surface area contributed by atoms with E-state index in [1.165, 1.54) is 0 Å². The Kier molecular flexibility index (Phi) is 3.97. The Hall–Kier alpha value is -1.61. The van der Waals surface area contributed by atoms with Crippen LogP contribution in [-0.2, 0) is 0 Å². The minimum absolute atomic E-state index is 0.450. The van der Waals surface area contributed by atoms with Gasteiger partial charge in [-0.1, -0.05) is 11.6 Å². The Labute approximate surface area is 106 Å². The highest BCUT2D eigenvalue weighted by Gasteiger charge is 2.35. The smallest absolute Gasteiger partial charge is 0.387 e. The maximum absolute atomic E-state index is 12.0. The quantitative estimate of drug-likeness (QED) is 0.371. The molecule has 0 spiro atoms. The highest BCUT2D eigenvalue weighted by molar-refractivity contribution is 6.68. The molecule has 0 atom stereocenters. The van der Waals surface area contributed by atoms with Crippen molar-refractivity contribution in [1.29, 1.82) is 0 Å². The standard InChI is InChI=1S/C7HCl2F3N2O4/c8-4-3(14(16)17)1-2(5(9)15)6(13-4)18-7(10,11)12/h1H. The third-order valence-electron chi connectivity index (χ3n) is 1.54. The molecule has 0 radical (unpaired) electrons. The van der Waals surface area contributed by atoms with Gasteiger partial charge in [-0.25, -0.2) is 0 Å². The van der Waals surface area contributed by atoms with Gasteiger partial charge in [0.05, 0.1) is 4.92 Å². The average Bonchev–Trinajstić information content (AvgIpc) is 2.13. The zero-order valence-corrected chi connectivity index (χ0v) is 9.51. The molecule has 1 heterocycles. The molecule has 6 nitrogen and oxygen atoms in total. The Morgan fingerprint density at radius 1 is 1.50 bits per heavy atom. The van der Waals surface area contributed by atoms with Crippen molar-refractivity contribution in [1.82, 2.24) is 4.98 Å². The van der Waals surface area contributed by atoms with Gasteiger partial charge in [0.1, 0.15) is 5.56 Å². The van der Waals surface area contributed by atoms with Crippen LogP contribution >= 0.6 is 23.2 Å². The number of carbonyl (C=O) groups excluding carboxylic acids is 1. The number of nitrogens with zero attached hydrogens (tertiary/aromatic N) is 2. The van der Waals surface area contributed by atoms with Crippen LogP contribution in [0.25, 0.3) is 0 Å². The number of pyridine rings is 1. The predicted octanol–water partition coefficient (Wildman–Crippen LogP) is 2.92. The van der Waals surface area contributed by atoms with Crippen molar-refractivity contribution < 1.29 is 27.6 Å². The maximum Gasteiger partial charge on any atom is 0.574 e. The first-order valence-corrected chi connectivity index (χ1v) is 4.68. The van der Waals surface area contributed by atoms with Crippen LogP contribution in [0.5, 0.6) is 5.88 Å². The highest BCUT2D eigenvalue weighted by atomic mass is 35.5. The van der Waals surface area contributed by atoms with Gasteiger partial charge in [-0.2, -0.15) is 4.98 Å². The van der Waals surface area contributed by atoms with Crippen molar-refractivity contribution in [3.05, 3.63) is 26.9 Å². The molecule has 11 heteroatoms. The van der Waals surface area contributed by atoms with Gasteiger partial charge in [-0.3, -0.25) is 14.9 Å². The fourth-order valence-corrected chi connectivity index (χ4v) is 1.26. The number of hydrogen-bond donors (Lipinski definition) is 0. The third-order valence-corrected chi connectivity index (χ3v) is 2.03. The molecule has 0 bridgehead atoms. The van der Waals surface area contributed by atoms with Gasteiger partial charge in [0, 0.05) is 6.07 Å². The van der Waals surface area contributed by atoms with Gasteiger partial charge in [-0.15, -0.1) is 13.2 Å². The van der Waals surface area contributed by atoms with E-state index in [1.807, 2.05) is 0 Å². The number of ether oxygens (including phenoxy) is 1. The summed E-state index contributed by atoms with van der Waals surface area (Å²) in [5, 5.41) is 8.20. The molecule has 18 heavy (non-hydrogen) atoms. The summed E-state index contributed by atoms with van der Waals surface area (Å²) < 4.78 is 39.3. The third kappa shape index (κ3) is 3.44. The zero-order chi connectivity index (χ0) is 14.1. The summed E-state index contributed by atoms with van der Waals surface area (Å²) in [6.45, 7) is 0. The topological polar surface area (TPSA) is 82.3 Å². The van der Waals surface area contributed by atoms with Crippen LogP contribution in [-0.4, -0.2) is 21.5 Å². The lowest BCUT2D eigenvalue weighted by Crippen LogP contribution is -2.19. The number of nitro groups is 1. The van der Waals surface area contributed by atoms with E-state index >= 15 is 0 Å². The number of aromatic nitrogens is 1. The lowest BCUT2D eigenvalue weighted by molar-refractivity contribution is -0.385. The van der Waals surface area contributed by atoms with Crippen molar-refractivity contribution in [3.8, 4) is 5.88 Å². The van der Waals surface area contributed by atoms with Gasteiger partial charge < -0.3 is 4.74 Å². The largest absolute Gasteiger partial charge is 0.574 e. The minimum Gasteiger partial charge on any atom is -0.387 e. The molecule has 0 aliphatic rings. The summed E-state index contributed by atoms with van der Waals surface area (Å²) in [6.07, 6.45) is -5.15. The van der Waals surface area contributed by atoms with Crippen LogP contribution in [0.2, 0.25) is 5.15 Å². The summed E-state index contributed by atoms with van der Waals surface area (Å²) in [6, 6.07) is 0.450. The van der Waals surface area contributed by atoms with Crippen molar-refractivity contribution >= 4 is 34.1 Å². The van der Waals surface area contributed by atoms with E-state index in [2.05, 4.69) is 9.72 Å². The number of halogens is 5. The Morgan fingerprint density at radius 2 is 2.06 bits per heavy atom. The summed E-state index contributed by atoms with van der Waals surface area (Å²) in [5.74, 6) is -1.25. The molecule has 0 aliphatic heterocycles. The Bertz CT molecular complexity index is 520. The number of hydrogen-bond acceptors (Lipinski definition) is 5. The first-order chi connectivity index (χ1) is 8.11. The van der Waals surface area contributed by atoms with Crippen LogP contribution in [0.4, 0.5) is 18.9 Å². The van der Waals surface area contributed by atoms with Gasteiger partial charge >= 0.3 is 12.0 Å². The van der Waals surface area contributed by atoms with Crippen LogP contribution in [0.3, 0.4) is 0 Å². The van der Waals surface area contributed by atoms with Crippen LogP contribution in [0.15, 0.2) is 6.07 Å². The molecule has 0 N–H and O–H groups in total. The molecule has 0 fully saturated rings. The van der Waals surface area contributed by atoms with Crippen molar-refractivity contribution in [3.63, 3.8) is 0 Å². The molecule has 98 valence electrons. The fourth-order valence-electron chi connectivity index (χ4n) is 0.921. The van der Waals surface area contributed by atoms with Gasteiger partial charge in [0.15, 0.2) is 0 Å². The summed E-state index contributed by atoms with van der Waals surface area (Å²) in [5.41, 5.74) is -1.78. The van der Waals surface area contributed by atoms with Crippen molar-refractivity contribution in [2.75, 3.05) is 0 Å². The second kappa shape index (κ2) is 4.94. The SMILES string of the molecule is O=C(Cl)c1cc([N+](=O)[O-])c(Cl)nc1OC(F)(F)F. The number of alkyl halides is 3. The summed E-state index contributed by atoms with van der Waals surface area (Å²) in [4.78, 5) is 23.3. The first kappa shape index (κ1) is 14.5. The first-order valence-electron chi connectivity index (χ1n) is 3.92. The van der Waals surface area contributed by atoms with E-state index in [0.29, 0.717) is 6.07 Å². The maximum atomic E-state index is 12.0.